The Hall–Kier alpha value is -2.70. The molecule has 0 radical (unpaired) electrons. The van der Waals surface area contributed by atoms with Crippen LogP contribution in [-0.4, -0.2) is 45.4 Å². The van der Waals surface area contributed by atoms with Gasteiger partial charge in [0.2, 0.25) is 5.91 Å². The van der Waals surface area contributed by atoms with Gasteiger partial charge in [0.15, 0.2) is 11.5 Å². The summed E-state index contributed by atoms with van der Waals surface area (Å²) in [5, 5.41) is 3.30. The van der Waals surface area contributed by atoms with Crippen LogP contribution < -0.4 is 19.7 Å². The third kappa shape index (κ3) is 5.90. The minimum absolute atomic E-state index is 0.0294. The van der Waals surface area contributed by atoms with Crippen LogP contribution in [0.2, 0.25) is 5.02 Å². The lowest BCUT2D eigenvalue weighted by molar-refractivity contribution is -0.111. The van der Waals surface area contributed by atoms with Crippen molar-refractivity contribution in [2.75, 3.05) is 43.6 Å². The molecule has 2 aromatic rings. The molecule has 3 rings (SSSR count). The Morgan fingerprint density at radius 3 is 2.53 bits per heavy atom. The monoisotopic (exact) mass is 430 g/mol. The van der Waals surface area contributed by atoms with Crippen LogP contribution >= 0.6 is 11.6 Å². The molecule has 30 heavy (non-hydrogen) atoms. The quantitative estimate of drug-likeness (QED) is 0.649. The standard InChI is InChI=1S/C23H27ClN2O4/c1-16(2)30-23-20(24)14-17(15-21(23)28-3)4-9-22(27)25-18-5-7-19(8-6-18)26-10-12-29-13-11-26/h4-9,14-16H,10-13H2,1-3H3,(H,25,27)/b9-4+. The molecule has 0 saturated carbocycles. The summed E-state index contributed by atoms with van der Waals surface area (Å²) in [5.41, 5.74) is 2.60. The smallest absolute Gasteiger partial charge is 0.248 e. The first-order valence-electron chi connectivity index (χ1n) is 9.92. The van der Waals surface area contributed by atoms with Crippen LogP contribution in [0.1, 0.15) is 19.4 Å². The van der Waals surface area contributed by atoms with Gasteiger partial charge in [-0.15, -0.1) is 0 Å². The number of ether oxygens (including phenoxy) is 3. The number of carbonyl (C=O) groups excluding carboxylic acids is 1. The number of hydrogen-bond acceptors (Lipinski definition) is 5. The van der Waals surface area contributed by atoms with E-state index in [4.69, 9.17) is 25.8 Å². The van der Waals surface area contributed by atoms with Crippen LogP contribution in [0.25, 0.3) is 6.08 Å². The number of carbonyl (C=O) groups is 1. The number of morpholine rings is 1. The van der Waals surface area contributed by atoms with Gasteiger partial charge in [-0.3, -0.25) is 4.79 Å². The van der Waals surface area contributed by atoms with E-state index >= 15 is 0 Å². The maximum absolute atomic E-state index is 12.3. The van der Waals surface area contributed by atoms with E-state index in [0.717, 1.165) is 43.2 Å². The zero-order valence-corrected chi connectivity index (χ0v) is 18.2. The molecule has 7 heteroatoms. The fourth-order valence-electron chi connectivity index (χ4n) is 3.12. The van der Waals surface area contributed by atoms with Crippen molar-refractivity contribution in [3.63, 3.8) is 0 Å². The van der Waals surface area contributed by atoms with Gasteiger partial charge in [0.1, 0.15) is 0 Å². The second kappa shape index (κ2) is 10.4. The number of rotatable bonds is 7. The van der Waals surface area contributed by atoms with Crippen LogP contribution in [0.3, 0.4) is 0 Å². The van der Waals surface area contributed by atoms with Gasteiger partial charge in [-0.2, -0.15) is 0 Å². The second-order valence-electron chi connectivity index (χ2n) is 7.17. The largest absolute Gasteiger partial charge is 0.493 e. The van der Waals surface area contributed by atoms with E-state index in [2.05, 4.69) is 10.2 Å². The number of halogens is 1. The van der Waals surface area contributed by atoms with Crippen molar-refractivity contribution in [3.8, 4) is 11.5 Å². The van der Waals surface area contributed by atoms with Gasteiger partial charge in [0.05, 0.1) is 31.5 Å². The number of nitrogens with zero attached hydrogens (tertiary/aromatic N) is 1. The predicted molar refractivity (Wildman–Crippen MR) is 121 cm³/mol. The summed E-state index contributed by atoms with van der Waals surface area (Å²) >= 11 is 6.33. The average molecular weight is 431 g/mol. The summed E-state index contributed by atoms with van der Waals surface area (Å²) in [7, 11) is 1.56. The summed E-state index contributed by atoms with van der Waals surface area (Å²) in [4.78, 5) is 14.6. The molecule has 1 heterocycles. The Bertz CT molecular complexity index is 891. The Balaban J connectivity index is 1.63. The van der Waals surface area contributed by atoms with Crippen molar-refractivity contribution < 1.29 is 19.0 Å². The van der Waals surface area contributed by atoms with Gasteiger partial charge in [0, 0.05) is 30.5 Å². The molecule has 1 aliphatic rings. The third-order valence-corrected chi connectivity index (χ3v) is 4.82. The van der Waals surface area contributed by atoms with Gasteiger partial charge in [-0.05, 0) is 61.9 Å². The van der Waals surface area contributed by atoms with E-state index in [1.165, 1.54) is 6.08 Å². The molecule has 160 valence electrons. The maximum atomic E-state index is 12.3. The molecule has 1 fully saturated rings. The summed E-state index contributed by atoms with van der Waals surface area (Å²) < 4.78 is 16.5. The molecule has 1 aliphatic heterocycles. The van der Waals surface area contributed by atoms with Crippen LogP contribution in [-0.2, 0) is 9.53 Å². The maximum Gasteiger partial charge on any atom is 0.248 e. The van der Waals surface area contributed by atoms with Crippen LogP contribution in [0, 0.1) is 0 Å². The van der Waals surface area contributed by atoms with Crippen LogP contribution in [0.4, 0.5) is 11.4 Å². The fraction of sp³-hybridized carbons (Fsp3) is 0.348. The van der Waals surface area contributed by atoms with Gasteiger partial charge in [0.25, 0.3) is 0 Å². The topological polar surface area (TPSA) is 60.0 Å². The molecule has 0 spiro atoms. The average Bonchev–Trinajstić information content (AvgIpc) is 2.74. The van der Waals surface area contributed by atoms with E-state index in [9.17, 15) is 4.79 Å². The van der Waals surface area contributed by atoms with Crippen molar-refractivity contribution in [1.29, 1.82) is 0 Å². The minimum atomic E-state index is -0.230. The fourth-order valence-corrected chi connectivity index (χ4v) is 3.38. The predicted octanol–water partition coefficient (Wildman–Crippen LogP) is 4.62. The molecule has 0 aliphatic carbocycles. The number of nitrogens with one attached hydrogen (secondary N) is 1. The molecule has 0 atom stereocenters. The summed E-state index contributed by atoms with van der Waals surface area (Å²) in [6.45, 7) is 7.07. The molecule has 1 saturated heterocycles. The number of benzene rings is 2. The molecule has 2 aromatic carbocycles. The highest BCUT2D eigenvalue weighted by molar-refractivity contribution is 6.32. The van der Waals surface area contributed by atoms with Gasteiger partial charge in [-0.25, -0.2) is 0 Å². The molecular weight excluding hydrogens is 404 g/mol. The van der Waals surface area contributed by atoms with E-state index in [-0.39, 0.29) is 12.0 Å². The number of hydrogen-bond donors (Lipinski definition) is 1. The number of methoxy groups -OCH3 is 1. The Morgan fingerprint density at radius 1 is 1.20 bits per heavy atom. The van der Waals surface area contributed by atoms with E-state index in [1.807, 2.05) is 38.1 Å². The number of amides is 1. The van der Waals surface area contributed by atoms with Crippen LogP contribution in [0.15, 0.2) is 42.5 Å². The summed E-state index contributed by atoms with van der Waals surface area (Å²) in [6, 6.07) is 11.3. The lowest BCUT2D eigenvalue weighted by Crippen LogP contribution is -2.36. The first-order valence-corrected chi connectivity index (χ1v) is 10.3. The molecule has 6 nitrogen and oxygen atoms in total. The van der Waals surface area contributed by atoms with E-state index < -0.39 is 0 Å². The molecule has 0 aromatic heterocycles. The molecule has 0 bridgehead atoms. The Labute approximate surface area is 182 Å². The van der Waals surface area contributed by atoms with Crippen molar-refractivity contribution in [3.05, 3.63) is 53.1 Å². The number of anilines is 2. The first kappa shape index (κ1) is 22.0. The van der Waals surface area contributed by atoms with Crippen molar-refractivity contribution in [2.45, 2.75) is 20.0 Å². The van der Waals surface area contributed by atoms with Crippen LogP contribution in [0.5, 0.6) is 11.5 Å². The molecule has 1 N–H and O–H groups in total. The molecule has 0 unspecified atom stereocenters. The zero-order chi connectivity index (χ0) is 21.5. The molecule has 1 amide bonds. The Kier molecular flexibility index (Phi) is 7.60. The minimum Gasteiger partial charge on any atom is -0.493 e. The summed E-state index contributed by atoms with van der Waals surface area (Å²) in [5.74, 6) is 0.790. The van der Waals surface area contributed by atoms with Crippen molar-refractivity contribution in [2.24, 2.45) is 0 Å². The molecular formula is C23H27ClN2O4. The highest BCUT2D eigenvalue weighted by atomic mass is 35.5. The lowest BCUT2D eigenvalue weighted by Gasteiger charge is -2.28. The summed E-state index contributed by atoms with van der Waals surface area (Å²) in [6.07, 6.45) is 3.12. The first-order chi connectivity index (χ1) is 14.5. The van der Waals surface area contributed by atoms with Crippen molar-refractivity contribution >= 4 is 35.0 Å². The van der Waals surface area contributed by atoms with Gasteiger partial charge >= 0.3 is 0 Å². The Morgan fingerprint density at radius 2 is 1.90 bits per heavy atom. The van der Waals surface area contributed by atoms with Gasteiger partial charge in [-0.1, -0.05) is 11.6 Å². The van der Waals surface area contributed by atoms with E-state index in [1.54, 1.807) is 25.3 Å². The lowest BCUT2D eigenvalue weighted by atomic mass is 10.1. The van der Waals surface area contributed by atoms with Crippen molar-refractivity contribution in [1.82, 2.24) is 0 Å². The highest BCUT2D eigenvalue weighted by Gasteiger charge is 2.13. The normalized spacial score (nSPS) is 14.2. The zero-order valence-electron chi connectivity index (χ0n) is 17.5. The second-order valence-corrected chi connectivity index (χ2v) is 7.58. The SMILES string of the molecule is COc1cc(/C=C/C(=O)Nc2ccc(N3CCOCC3)cc2)cc(Cl)c1OC(C)C. The van der Waals surface area contributed by atoms with E-state index in [0.29, 0.717) is 16.5 Å². The highest BCUT2D eigenvalue weighted by Crippen LogP contribution is 2.37. The third-order valence-electron chi connectivity index (χ3n) is 4.54. The van der Waals surface area contributed by atoms with Gasteiger partial charge < -0.3 is 24.4 Å².